The van der Waals surface area contributed by atoms with Crippen LogP contribution in [0.2, 0.25) is 0 Å². The van der Waals surface area contributed by atoms with Gasteiger partial charge in [-0.3, -0.25) is 14.3 Å². The number of aromatic amines is 1. The quantitative estimate of drug-likeness (QED) is 0.756. The lowest BCUT2D eigenvalue weighted by atomic mass is 10.1. The molecular weight excluding hydrogens is 342 g/mol. The Morgan fingerprint density at radius 2 is 1.70 bits per heavy atom. The summed E-state index contributed by atoms with van der Waals surface area (Å²) in [5, 5.41) is 5.35. The number of para-hydroxylation sites is 1. The number of aromatic nitrogens is 3. The Morgan fingerprint density at radius 3 is 2.48 bits per heavy atom. The van der Waals surface area contributed by atoms with Crippen molar-refractivity contribution in [2.24, 2.45) is 0 Å². The van der Waals surface area contributed by atoms with Crippen molar-refractivity contribution in [2.75, 3.05) is 26.2 Å². The Bertz CT molecular complexity index is 993. The molecule has 2 aromatic heterocycles. The van der Waals surface area contributed by atoms with Gasteiger partial charge in [-0.1, -0.05) is 18.2 Å². The van der Waals surface area contributed by atoms with E-state index in [1.807, 2.05) is 44.8 Å². The third kappa shape index (κ3) is 2.70. The highest BCUT2D eigenvalue weighted by Gasteiger charge is 2.29. The van der Waals surface area contributed by atoms with Crippen molar-refractivity contribution in [1.82, 2.24) is 24.6 Å². The predicted octanol–water partition coefficient (Wildman–Crippen LogP) is 1.91. The molecule has 5 rings (SSSR count). The molecule has 7 nitrogen and oxygen atoms in total. The number of rotatable bonds is 2. The van der Waals surface area contributed by atoms with E-state index in [4.69, 9.17) is 0 Å². The Kier molecular flexibility index (Phi) is 3.74. The van der Waals surface area contributed by atoms with Gasteiger partial charge in [-0.15, -0.1) is 0 Å². The summed E-state index contributed by atoms with van der Waals surface area (Å²) in [5.41, 5.74) is 3.34. The number of carbonyl (C=O) groups excluding carboxylic acids is 2. The summed E-state index contributed by atoms with van der Waals surface area (Å²) in [6.45, 7) is 3.09. The van der Waals surface area contributed by atoms with Crippen LogP contribution < -0.4 is 0 Å². The predicted molar refractivity (Wildman–Crippen MR) is 101 cm³/mol. The van der Waals surface area contributed by atoms with Crippen molar-refractivity contribution >= 4 is 22.7 Å². The molecule has 7 heteroatoms. The maximum absolute atomic E-state index is 12.8. The molecule has 0 spiro atoms. The normalized spacial score (nSPS) is 16.7. The van der Waals surface area contributed by atoms with E-state index in [0.29, 0.717) is 31.9 Å². The highest BCUT2D eigenvalue weighted by molar-refractivity contribution is 5.98. The molecule has 1 fully saturated rings. The number of piperazine rings is 1. The highest BCUT2D eigenvalue weighted by Crippen LogP contribution is 2.21. The fourth-order valence-electron chi connectivity index (χ4n) is 4.08. The van der Waals surface area contributed by atoms with Gasteiger partial charge in [0.1, 0.15) is 5.69 Å². The minimum atomic E-state index is -0.00951. The molecule has 2 aliphatic heterocycles. The van der Waals surface area contributed by atoms with Crippen molar-refractivity contribution in [1.29, 1.82) is 0 Å². The lowest BCUT2D eigenvalue weighted by molar-refractivity contribution is 0.0532. The van der Waals surface area contributed by atoms with Gasteiger partial charge in [0, 0.05) is 43.6 Å². The largest absolute Gasteiger partial charge is 0.351 e. The molecule has 0 saturated carbocycles. The lowest BCUT2D eigenvalue weighted by Crippen LogP contribution is -2.50. The van der Waals surface area contributed by atoms with E-state index in [0.717, 1.165) is 41.5 Å². The van der Waals surface area contributed by atoms with Gasteiger partial charge >= 0.3 is 0 Å². The number of amides is 2. The molecule has 0 radical (unpaired) electrons. The van der Waals surface area contributed by atoms with Gasteiger partial charge in [0.2, 0.25) is 0 Å². The van der Waals surface area contributed by atoms with E-state index < -0.39 is 0 Å². The Balaban J connectivity index is 1.27. The van der Waals surface area contributed by atoms with Gasteiger partial charge in [-0.25, -0.2) is 0 Å². The summed E-state index contributed by atoms with van der Waals surface area (Å²) in [6, 6.07) is 9.76. The van der Waals surface area contributed by atoms with E-state index in [1.165, 1.54) is 0 Å². The van der Waals surface area contributed by atoms with E-state index in [1.54, 1.807) is 6.20 Å². The first-order valence-corrected chi connectivity index (χ1v) is 9.42. The number of hydrogen-bond donors (Lipinski definition) is 1. The number of hydrogen-bond acceptors (Lipinski definition) is 3. The van der Waals surface area contributed by atoms with Crippen molar-refractivity contribution in [3.63, 3.8) is 0 Å². The molecular formula is C20H21N5O2. The van der Waals surface area contributed by atoms with Crippen molar-refractivity contribution in [3.05, 3.63) is 53.5 Å². The fourth-order valence-corrected chi connectivity index (χ4v) is 4.08. The van der Waals surface area contributed by atoms with Crippen LogP contribution in [-0.4, -0.2) is 62.6 Å². The van der Waals surface area contributed by atoms with Gasteiger partial charge in [0.25, 0.3) is 11.8 Å². The van der Waals surface area contributed by atoms with Crippen LogP contribution in [0, 0.1) is 0 Å². The van der Waals surface area contributed by atoms with Gasteiger partial charge in [0.05, 0.1) is 17.5 Å². The van der Waals surface area contributed by atoms with Gasteiger partial charge in [-0.05, 0) is 25.0 Å². The maximum atomic E-state index is 12.8. The lowest BCUT2D eigenvalue weighted by Gasteiger charge is -2.34. The topological polar surface area (TPSA) is 74.2 Å². The summed E-state index contributed by atoms with van der Waals surface area (Å²) in [7, 11) is 0. The van der Waals surface area contributed by atoms with E-state index in [2.05, 4.69) is 10.1 Å². The number of H-pyrrole nitrogens is 1. The summed E-state index contributed by atoms with van der Waals surface area (Å²) in [5.74, 6) is 0.0283. The Hall–Kier alpha value is -3.09. The molecule has 0 aliphatic carbocycles. The number of fused-ring (bicyclic) bond motifs is 2. The Labute approximate surface area is 156 Å². The van der Waals surface area contributed by atoms with Crippen molar-refractivity contribution in [3.8, 4) is 0 Å². The fraction of sp³-hybridized carbons (Fsp3) is 0.350. The summed E-state index contributed by atoms with van der Waals surface area (Å²) in [4.78, 5) is 32.5. The number of carbonyl (C=O) groups is 2. The van der Waals surface area contributed by atoms with Crippen LogP contribution in [0.3, 0.4) is 0 Å². The smallest absolute Gasteiger partial charge is 0.270 e. The zero-order valence-corrected chi connectivity index (χ0v) is 15.0. The average Bonchev–Trinajstić information content (AvgIpc) is 3.41. The van der Waals surface area contributed by atoms with Crippen LogP contribution in [0.1, 0.15) is 33.0 Å². The van der Waals surface area contributed by atoms with Crippen molar-refractivity contribution < 1.29 is 9.59 Å². The molecule has 1 aromatic carbocycles. The highest BCUT2D eigenvalue weighted by atomic mass is 16.2. The second kappa shape index (κ2) is 6.26. The number of aryl methyl sites for hydroxylation is 1. The molecule has 4 heterocycles. The van der Waals surface area contributed by atoms with Crippen LogP contribution >= 0.6 is 0 Å². The standard InChI is InChI=1S/C20H21N5O2/c26-19(15-13-21-25-7-3-6-18(15)25)23-8-10-24(11-9-23)20(27)17-12-14-4-1-2-5-16(14)22-17/h1-2,4-5,12-13,22H,3,6-11H2. The number of nitrogens with zero attached hydrogens (tertiary/aromatic N) is 4. The van der Waals surface area contributed by atoms with Gasteiger partial charge in [0.15, 0.2) is 0 Å². The first kappa shape index (κ1) is 16.1. The summed E-state index contributed by atoms with van der Waals surface area (Å²) >= 11 is 0. The van der Waals surface area contributed by atoms with Crippen LogP contribution in [0.25, 0.3) is 10.9 Å². The second-order valence-corrected chi connectivity index (χ2v) is 7.19. The van der Waals surface area contributed by atoms with Gasteiger partial charge < -0.3 is 14.8 Å². The summed E-state index contributed by atoms with van der Waals surface area (Å²) in [6.07, 6.45) is 3.66. The molecule has 1 N–H and O–H groups in total. The van der Waals surface area contributed by atoms with Crippen LogP contribution in [0.5, 0.6) is 0 Å². The number of benzene rings is 1. The first-order valence-electron chi connectivity index (χ1n) is 9.42. The minimum absolute atomic E-state index is 0.00951. The summed E-state index contributed by atoms with van der Waals surface area (Å²) < 4.78 is 1.93. The molecule has 0 bridgehead atoms. The van der Waals surface area contributed by atoms with Gasteiger partial charge in [-0.2, -0.15) is 5.10 Å². The molecule has 27 heavy (non-hydrogen) atoms. The molecule has 3 aromatic rings. The molecule has 2 aliphatic rings. The molecule has 0 atom stereocenters. The van der Waals surface area contributed by atoms with Crippen LogP contribution in [-0.2, 0) is 13.0 Å². The van der Waals surface area contributed by atoms with E-state index in [-0.39, 0.29) is 11.8 Å². The molecule has 2 amide bonds. The van der Waals surface area contributed by atoms with Crippen molar-refractivity contribution in [2.45, 2.75) is 19.4 Å². The average molecular weight is 363 g/mol. The van der Waals surface area contributed by atoms with Crippen LogP contribution in [0.15, 0.2) is 36.5 Å². The SMILES string of the molecule is O=C(c1cc2ccccc2[nH]1)N1CCN(C(=O)c2cnn3c2CCC3)CC1. The van der Waals surface area contributed by atoms with Crippen LogP contribution in [0.4, 0.5) is 0 Å². The maximum Gasteiger partial charge on any atom is 0.270 e. The monoisotopic (exact) mass is 363 g/mol. The third-order valence-corrected chi connectivity index (χ3v) is 5.58. The first-order chi connectivity index (χ1) is 13.2. The molecule has 138 valence electrons. The number of nitrogens with one attached hydrogen (secondary N) is 1. The minimum Gasteiger partial charge on any atom is -0.351 e. The zero-order valence-electron chi connectivity index (χ0n) is 15.0. The van der Waals surface area contributed by atoms with E-state index >= 15 is 0 Å². The molecule has 1 saturated heterocycles. The zero-order chi connectivity index (χ0) is 18.4. The van der Waals surface area contributed by atoms with E-state index in [9.17, 15) is 9.59 Å². The molecule has 0 unspecified atom stereocenters. The second-order valence-electron chi connectivity index (χ2n) is 7.19. The third-order valence-electron chi connectivity index (χ3n) is 5.58. The Morgan fingerprint density at radius 1 is 0.963 bits per heavy atom.